The van der Waals surface area contributed by atoms with Crippen LogP contribution in [-0.4, -0.2) is 31.7 Å². The number of halogens is 1. The topological polar surface area (TPSA) is 38.5 Å². The first-order chi connectivity index (χ1) is 8.70. The number of hydrogen-bond acceptors (Lipinski definition) is 3. The van der Waals surface area contributed by atoms with Crippen LogP contribution in [0.5, 0.6) is 0 Å². The largest absolute Gasteiger partial charge is 0.396 e. The van der Waals surface area contributed by atoms with Crippen LogP contribution in [0.2, 0.25) is 0 Å². The zero-order valence-corrected chi connectivity index (χ0v) is 10.9. The van der Waals surface area contributed by atoms with Gasteiger partial charge in [-0.3, -0.25) is 4.90 Å². The molecule has 0 bridgehead atoms. The highest BCUT2D eigenvalue weighted by molar-refractivity contribution is 5.42. The van der Waals surface area contributed by atoms with Crippen molar-refractivity contribution in [1.29, 1.82) is 0 Å². The Bertz CT molecular complexity index is 389. The van der Waals surface area contributed by atoms with E-state index in [9.17, 15) is 4.39 Å². The van der Waals surface area contributed by atoms with Crippen molar-refractivity contribution in [2.75, 3.05) is 32.5 Å². The summed E-state index contributed by atoms with van der Waals surface area (Å²) in [4.78, 5) is 2.28. The predicted molar refractivity (Wildman–Crippen MR) is 70.7 cm³/mol. The summed E-state index contributed by atoms with van der Waals surface area (Å²) >= 11 is 0. The Morgan fingerprint density at radius 1 is 1.39 bits per heavy atom. The number of anilines is 1. The van der Waals surface area contributed by atoms with Crippen molar-refractivity contribution in [1.82, 2.24) is 4.90 Å². The second-order valence-electron chi connectivity index (χ2n) is 5.00. The normalized spacial score (nSPS) is 18.1. The van der Waals surface area contributed by atoms with Gasteiger partial charge in [-0.15, -0.1) is 0 Å². The first kappa shape index (κ1) is 13.3. The van der Waals surface area contributed by atoms with Gasteiger partial charge in [0.25, 0.3) is 0 Å². The molecule has 1 aromatic carbocycles. The van der Waals surface area contributed by atoms with Gasteiger partial charge in [0.15, 0.2) is 5.82 Å². The van der Waals surface area contributed by atoms with Gasteiger partial charge in [0.1, 0.15) is 0 Å². The molecule has 2 N–H and O–H groups in total. The maximum absolute atomic E-state index is 13.8. The summed E-state index contributed by atoms with van der Waals surface area (Å²) in [5.74, 6) is 0.383. The maximum Gasteiger partial charge on any atom is 0.150 e. The van der Waals surface area contributed by atoms with Crippen LogP contribution in [0.3, 0.4) is 0 Å². The molecule has 0 spiro atoms. The van der Waals surface area contributed by atoms with E-state index in [1.54, 1.807) is 13.2 Å². The number of rotatable bonds is 4. The second-order valence-corrected chi connectivity index (χ2v) is 5.00. The minimum atomic E-state index is -0.267. The Labute approximate surface area is 108 Å². The summed E-state index contributed by atoms with van der Waals surface area (Å²) in [6.45, 7) is 3.49. The minimum Gasteiger partial charge on any atom is -0.396 e. The van der Waals surface area contributed by atoms with E-state index in [2.05, 4.69) is 4.90 Å². The average Bonchev–Trinajstić information content (AvgIpc) is 2.38. The molecule has 1 heterocycles. The molecule has 0 amide bonds. The first-order valence-corrected chi connectivity index (χ1v) is 6.45. The molecule has 0 saturated carbocycles. The highest BCUT2D eigenvalue weighted by atomic mass is 19.1. The molecule has 0 aliphatic carbocycles. The van der Waals surface area contributed by atoms with E-state index in [0.717, 1.165) is 32.5 Å². The van der Waals surface area contributed by atoms with Gasteiger partial charge in [0.2, 0.25) is 0 Å². The van der Waals surface area contributed by atoms with Crippen LogP contribution in [0.4, 0.5) is 10.1 Å². The lowest BCUT2D eigenvalue weighted by molar-refractivity contribution is 0.0964. The number of methoxy groups -OCH3 is 1. The molecular formula is C14H21FN2O. The molecule has 100 valence electrons. The van der Waals surface area contributed by atoms with Crippen molar-refractivity contribution >= 4 is 5.69 Å². The molecule has 3 nitrogen and oxygen atoms in total. The molecule has 0 unspecified atom stereocenters. The van der Waals surface area contributed by atoms with E-state index in [1.807, 2.05) is 12.1 Å². The van der Waals surface area contributed by atoms with Crippen LogP contribution in [0.25, 0.3) is 0 Å². The predicted octanol–water partition coefficient (Wildman–Crippen LogP) is 2.27. The Hall–Kier alpha value is -1.13. The zero-order valence-electron chi connectivity index (χ0n) is 10.9. The molecule has 4 heteroatoms. The third-order valence-electron chi connectivity index (χ3n) is 3.61. The van der Waals surface area contributed by atoms with E-state index in [4.69, 9.17) is 10.5 Å². The number of hydrogen-bond donors (Lipinski definition) is 1. The molecule has 0 atom stereocenters. The van der Waals surface area contributed by atoms with Crippen LogP contribution in [-0.2, 0) is 11.3 Å². The summed E-state index contributed by atoms with van der Waals surface area (Å²) in [6.07, 6.45) is 2.25. The Kier molecular flexibility index (Phi) is 4.55. The molecule has 1 aliphatic rings. The second kappa shape index (κ2) is 6.16. The van der Waals surface area contributed by atoms with Crippen molar-refractivity contribution in [3.8, 4) is 0 Å². The molecule has 1 aliphatic heterocycles. The van der Waals surface area contributed by atoms with Crippen molar-refractivity contribution in [3.05, 3.63) is 29.6 Å². The molecule has 1 saturated heterocycles. The van der Waals surface area contributed by atoms with Crippen molar-refractivity contribution in [3.63, 3.8) is 0 Å². The lowest BCUT2D eigenvalue weighted by Crippen LogP contribution is -2.34. The summed E-state index contributed by atoms with van der Waals surface area (Å²) in [6, 6.07) is 5.22. The van der Waals surface area contributed by atoms with Gasteiger partial charge >= 0.3 is 0 Å². The van der Waals surface area contributed by atoms with E-state index in [-0.39, 0.29) is 11.5 Å². The minimum absolute atomic E-state index is 0.238. The molecular weight excluding hydrogens is 231 g/mol. The van der Waals surface area contributed by atoms with Gasteiger partial charge in [-0.1, -0.05) is 12.1 Å². The third kappa shape index (κ3) is 3.21. The lowest BCUT2D eigenvalue weighted by Gasteiger charge is -2.31. The van der Waals surface area contributed by atoms with E-state index >= 15 is 0 Å². The summed E-state index contributed by atoms with van der Waals surface area (Å²) in [5, 5.41) is 0. The average molecular weight is 252 g/mol. The maximum atomic E-state index is 13.8. The fraction of sp³-hybridized carbons (Fsp3) is 0.571. The molecule has 18 heavy (non-hydrogen) atoms. The first-order valence-electron chi connectivity index (χ1n) is 6.45. The van der Waals surface area contributed by atoms with Crippen molar-refractivity contribution in [2.24, 2.45) is 5.92 Å². The van der Waals surface area contributed by atoms with Gasteiger partial charge in [-0.05, 0) is 37.9 Å². The van der Waals surface area contributed by atoms with Crippen molar-refractivity contribution in [2.45, 2.75) is 19.4 Å². The van der Waals surface area contributed by atoms with E-state index in [1.165, 1.54) is 0 Å². The highest BCUT2D eigenvalue weighted by Gasteiger charge is 2.20. The SMILES string of the molecule is COCC1CCN(Cc2cccc(N)c2F)CC1. The van der Waals surface area contributed by atoms with Gasteiger partial charge in [-0.25, -0.2) is 4.39 Å². The standard InChI is InChI=1S/C14H21FN2O/c1-18-10-11-5-7-17(8-6-11)9-12-3-2-4-13(16)14(12)15/h2-4,11H,5-10,16H2,1H3. The fourth-order valence-corrected chi connectivity index (χ4v) is 2.51. The molecule has 1 fully saturated rings. The van der Waals surface area contributed by atoms with Crippen LogP contribution in [0, 0.1) is 11.7 Å². The molecule has 0 aromatic heterocycles. The van der Waals surface area contributed by atoms with E-state index < -0.39 is 0 Å². The van der Waals surface area contributed by atoms with Gasteiger partial charge < -0.3 is 10.5 Å². The number of piperidine rings is 1. The third-order valence-corrected chi connectivity index (χ3v) is 3.61. The Balaban J connectivity index is 1.90. The summed E-state index contributed by atoms with van der Waals surface area (Å²) in [7, 11) is 1.74. The summed E-state index contributed by atoms with van der Waals surface area (Å²) < 4.78 is 19.0. The lowest BCUT2D eigenvalue weighted by atomic mass is 9.97. The molecule has 2 rings (SSSR count). The molecule has 0 radical (unpaired) electrons. The Morgan fingerprint density at radius 2 is 2.11 bits per heavy atom. The zero-order chi connectivity index (χ0) is 13.0. The number of ether oxygens (including phenoxy) is 1. The van der Waals surface area contributed by atoms with Crippen LogP contribution < -0.4 is 5.73 Å². The fourth-order valence-electron chi connectivity index (χ4n) is 2.51. The van der Waals surface area contributed by atoms with Crippen molar-refractivity contribution < 1.29 is 9.13 Å². The molecule has 1 aromatic rings. The monoisotopic (exact) mass is 252 g/mol. The highest BCUT2D eigenvalue weighted by Crippen LogP contribution is 2.21. The number of likely N-dealkylation sites (tertiary alicyclic amines) is 1. The Morgan fingerprint density at radius 3 is 2.78 bits per heavy atom. The van der Waals surface area contributed by atoms with Crippen LogP contribution >= 0.6 is 0 Å². The van der Waals surface area contributed by atoms with Gasteiger partial charge in [0.05, 0.1) is 5.69 Å². The quantitative estimate of drug-likeness (QED) is 0.835. The van der Waals surface area contributed by atoms with Crippen LogP contribution in [0.1, 0.15) is 18.4 Å². The number of benzene rings is 1. The van der Waals surface area contributed by atoms with Gasteiger partial charge in [0, 0.05) is 25.8 Å². The number of nitrogens with two attached hydrogens (primary N) is 1. The number of nitrogen functional groups attached to an aromatic ring is 1. The smallest absolute Gasteiger partial charge is 0.150 e. The van der Waals surface area contributed by atoms with E-state index in [0.29, 0.717) is 18.0 Å². The number of nitrogens with zero attached hydrogens (tertiary/aromatic N) is 1. The van der Waals surface area contributed by atoms with Crippen LogP contribution in [0.15, 0.2) is 18.2 Å². The summed E-state index contributed by atoms with van der Waals surface area (Å²) in [5.41, 5.74) is 6.51. The van der Waals surface area contributed by atoms with Gasteiger partial charge in [-0.2, -0.15) is 0 Å².